The Bertz CT molecular complexity index is 271. The van der Waals surface area contributed by atoms with Crippen LogP contribution in [0, 0.1) is 0 Å². The van der Waals surface area contributed by atoms with Gasteiger partial charge in [0.1, 0.15) is 18.3 Å². The molecule has 0 saturated carbocycles. The van der Waals surface area contributed by atoms with E-state index in [1.807, 2.05) is 0 Å². The molecule has 0 bridgehead atoms. The van der Waals surface area contributed by atoms with Gasteiger partial charge in [0.05, 0.1) is 6.61 Å². The maximum atomic E-state index is 10.1. The summed E-state index contributed by atoms with van der Waals surface area (Å²) in [6.07, 6.45) is 4.01. The maximum absolute atomic E-state index is 10.1. The van der Waals surface area contributed by atoms with E-state index in [4.69, 9.17) is 25.5 Å². The fourth-order valence-electron chi connectivity index (χ4n) is 1.65. The summed E-state index contributed by atoms with van der Waals surface area (Å²) in [5, 5.41) is 42.4. The molecule has 0 spiro atoms. The molecule has 0 aliphatic rings. The second-order valence-electron chi connectivity index (χ2n) is 5.13. The Balaban J connectivity index is 0. The van der Waals surface area contributed by atoms with Crippen molar-refractivity contribution in [3.05, 3.63) is 0 Å². The van der Waals surface area contributed by atoms with Crippen LogP contribution in [0.5, 0.6) is 0 Å². The van der Waals surface area contributed by atoms with Gasteiger partial charge in [0.15, 0.2) is 6.29 Å². The number of aliphatic hydroxyl groups excluding tert-OH is 4. The Hall–Kier alpha value is -1.02. The van der Waals surface area contributed by atoms with Gasteiger partial charge >= 0.3 is 5.97 Å². The molecule has 132 valence electrons. The molecule has 0 aliphatic carbocycles. The number of unbranched alkanes of at least 4 members (excludes halogenated alkanes) is 6. The lowest BCUT2D eigenvalue weighted by atomic mass is 10.1. The van der Waals surface area contributed by atoms with Crippen molar-refractivity contribution >= 4 is 12.3 Å². The third-order valence-corrected chi connectivity index (χ3v) is 3.06. The van der Waals surface area contributed by atoms with Crippen LogP contribution in [0.3, 0.4) is 0 Å². The Morgan fingerprint density at radius 2 is 1.50 bits per heavy atom. The minimum Gasteiger partial charge on any atom is -0.481 e. The van der Waals surface area contributed by atoms with Crippen molar-refractivity contribution in [3.63, 3.8) is 0 Å². The molecule has 0 saturated heterocycles. The van der Waals surface area contributed by atoms with Crippen molar-refractivity contribution in [3.8, 4) is 0 Å². The zero-order valence-electron chi connectivity index (χ0n) is 13.2. The smallest absolute Gasteiger partial charge is 0.303 e. The fourth-order valence-corrected chi connectivity index (χ4v) is 1.65. The molecular weight excluding hydrogens is 292 g/mol. The molecule has 0 heterocycles. The number of aldehydes is 1. The lowest BCUT2D eigenvalue weighted by Gasteiger charge is -2.16. The van der Waals surface area contributed by atoms with Gasteiger partial charge in [0.2, 0.25) is 0 Å². The second-order valence-corrected chi connectivity index (χ2v) is 5.13. The zero-order valence-corrected chi connectivity index (χ0v) is 13.2. The van der Waals surface area contributed by atoms with E-state index in [-0.39, 0.29) is 6.29 Å². The van der Waals surface area contributed by atoms with Gasteiger partial charge in [-0.05, 0) is 6.42 Å². The van der Waals surface area contributed by atoms with Crippen LogP contribution in [0.4, 0.5) is 0 Å². The van der Waals surface area contributed by atoms with E-state index in [0.29, 0.717) is 6.42 Å². The van der Waals surface area contributed by atoms with Gasteiger partial charge < -0.3 is 30.3 Å². The average Bonchev–Trinajstić information content (AvgIpc) is 2.52. The molecule has 7 nitrogen and oxygen atoms in total. The van der Waals surface area contributed by atoms with E-state index in [9.17, 15) is 9.59 Å². The largest absolute Gasteiger partial charge is 0.481 e. The third kappa shape index (κ3) is 15.4. The van der Waals surface area contributed by atoms with E-state index >= 15 is 0 Å². The van der Waals surface area contributed by atoms with Gasteiger partial charge in [-0.25, -0.2) is 0 Å². The highest BCUT2D eigenvalue weighted by atomic mass is 16.4. The van der Waals surface area contributed by atoms with Crippen LogP contribution in [-0.4, -0.2) is 62.7 Å². The van der Waals surface area contributed by atoms with E-state index in [2.05, 4.69) is 6.92 Å². The van der Waals surface area contributed by atoms with E-state index < -0.39 is 30.9 Å². The summed E-state index contributed by atoms with van der Waals surface area (Å²) in [5.41, 5.74) is 0. The molecule has 5 N–H and O–H groups in total. The molecule has 0 aromatic carbocycles. The van der Waals surface area contributed by atoms with Crippen molar-refractivity contribution in [1.82, 2.24) is 0 Å². The predicted molar refractivity (Wildman–Crippen MR) is 81.4 cm³/mol. The topological polar surface area (TPSA) is 135 Å². The van der Waals surface area contributed by atoms with Crippen molar-refractivity contribution in [2.45, 2.75) is 76.6 Å². The average molecular weight is 322 g/mol. The Morgan fingerprint density at radius 3 is 1.91 bits per heavy atom. The van der Waals surface area contributed by atoms with Gasteiger partial charge in [0.25, 0.3) is 0 Å². The van der Waals surface area contributed by atoms with Crippen molar-refractivity contribution in [2.24, 2.45) is 0 Å². The summed E-state index contributed by atoms with van der Waals surface area (Å²) < 4.78 is 0. The third-order valence-electron chi connectivity index (χ3n) is 3.06. The van der Waals surface area contributed by atoms with Crippen molar-refractivity contribution in [2.75, 3.05) is 6.61 Å². The molecule has 22 heavy (non-hydrogen) atoms. The summed E-state index contributed by atoms with van der Waals surface area (Å²) >= 11 is 0. The quantitative estimate of drug-likeness (QED) is 0.260. The van der Waals surface area contributed by atoms with E-state index in [1.165, 1.54) is 32.1 Å². The van der Waals surface area contributed by atoms with E-state index in [0.717, 1.165) is 12.8 Å². The molecular formula is C15H30O7. The molecule has 0 radical (unpaired) electrons. The maximum Gasteiger partial charge on any atom is 0.303 e. The minimum atomic E-state index is -1.64. The standard InChI is InChI=1S/C10H20O2.C5H10O5/c1-2-3-4-5-6-7-8-9-10(11)12;6-1-3(8)5(10)4(9)2-7/h2-9H2,1H3,(H,11,12);1,3-5,7-10H,2H2/t;3-,4+,5+/m.0/s1. The monoisotopic (exact) mass is 322 g/mol. The number of aliphatic carboxylic acids is 1. The number of carbonyl (C=O) groups excluding carboxylic acids is 1. The summed E-state index contributed by atoms with van der Waals surface area (Å²) in [5.74, 6) is -0.663. The molecule has 7 heteroatoms. The van der Waals surface area contributed by atoms with Crippen LogP contribution >= 0.6 is 0 Å². The highest BCUT2D eigenvalue weighted by molar-refractivity contribution is 5.66. The van der Waals surface area contributed by atoms with Crippen LogP contribution < -0.4 is 0 Å². The normalized spacial score (nSPS) is 14.4. The van der Waals surface area contributed by atoms with Crippen molar-refractivity contribution in [1.29, 1.82) is 0 Å². The number of hydrogen-bond donors (Lipinski definition) is 5. The molecule has 0 fully saturated rings. The number of carboxylic acids is 1. The summed E-state index contributed by atoms with van der Waals surface area (Å²) in [6.45, 7) is 1.51. The number of carbonyl (C=O) groups is 2. The van der Waals surface area contributed by atoms with Crippen molar-refractivity contribution < 1.29 is 35.1 Å². The highest BCUT2D eigenvalue weighted by Crippen LogP contribution is 2.07. The van der Waals surface area contributed by atoms with Gasteiger partial charge in [-0.1, -0.05) is 45.4 Å². The minimum absolute atomic E-state index is 0.0869. The molecule has 0 amide bonds. The first kappa shape index (κ1) is 23.2. The zero-order chi connectivity index (χ0) is 17.4. The number of hydrogen-bond acceptors (Lipinski definition) is 6. The SMILES string of the molecule is CCCCCCCCCC(=O)O.O=C[C@H](O)[C@@H](O)[C@H](O)CO. The molecule has 3 atom stereocenters. The van der Waals surface area contributed by atoms with Crippen LogP contribution in [0.25, 0.3) is 0 Å². The van der Waals surface area contributed by atoms with Gasteiger partial charge in [-0.2, -0.15) is 0 Å². The highest BCUT2D eigenvalue weighted by Gasteiger charge is 2.22. The van der Waals surface area contributed by atoms with Gasteiger partial charge in [-0.15, -0.1) is 0 Å². The number of carboxylic acid groups (broad SMARTS) is 1. The first-order valence-electron chi connectivity index (χ1n) is 7.72. The molecule has 0 aliphatic heterocycles. The summed E-state index contributed by atoms with van der Waals surface area (Å²) in [7, 11) is 0. The summed E-state index contributed by atoms with van der Waals surface area (Å²) in [4.78, 5) is 19.9. The first-order chi connectivity index (χ1) is 10.4. The fraction of sp³-hybridized carbons (Fsp3) is 0.867. The molecule has 0 unspecified atom stereocenters. The lowest BCUT2D eigenvalue weighted by molar-refractivity contribution is -0.137. The number of aliphatic hydroxyl groups is 4. The Labute approximate surface area is 131 Å². The Morgan fingerprint density at radius 1 is 1.00 bits per heavy atom. The summed E-state index contributed by atoms with van der Waals surface area (Å²) in [6, 6.07) is 0. The molecule has 0 aromatic rings. The van der Waals surface area contributed by atoms with Gasteiger partial charge in [-0.3, -0.25) is 4.79 Å². The van der Waals surface area contributed by atoms with Crippen LogP contribution in [0.15, 0.2) is 0 Å². The first-order valence-corrected chi connectivity index (χ1v) is 7.72. The lowest BCUT2D eigenvalue weighted by Crippen LogP contribution is -2.40. The Kier molecular flexibility index (Phi) is 17.3. The molecule has 0 aromatic heterocycles. The van der Waals surface area contributed by atoms with Crippen LogP contribution in [0.2, 0.25) is 0 Å². The van der Waals surface area contributed by atoms with E-state index in [1.54, 1.807) is 0 Å². The van der Waals surface area contributed by atoms with Gasteiger partial charge in [0, 0.05) is 6.42 Å². The van der Waals surface area contributed by atoms with Crippen LogP contribution in [-0.2, 0) is 9.59 Å². The predicted octanol–water partition coefficient (Wildman–Crippen LogP) is 0.472. The van der Waals surface area contributed by atoms with Crippen LogP contribution in [0.1, 0.15) is 58.3 Å². The molecule has 0 rings (SSSR count). The number of rotatable bonds is 12. The second kappa shape index (κ2) is 16.4.